The lowest BCUT2D eigenvalue weighted by atomic mass is 10.0. The zero-order valence-electron chi connectivity index (χ0n) is 8.66. The van der Waals surface area contributed by atoms with Gasteiger partial charge in [0.2, 0.25) is 0 Å². The van der Waals surface area contributed by atoms with Gasteiger partial charge in [0.1, 0.15) is 5.82 Å². The first-order chi connectivity index (χ1) is 8.06. The van der Waals surface area contributed by atoms with Crippen LogP contribution in [0.4, 0.5) is 4.39 Å². The van der Waals surface area contributed by atoms with Crippen LogP contribution >= 0.6 is 49.9 Å². The predicted octanol–water partition coefficient (Wildman–Crippen LogP) is 4.53. The Hall–Kier alpha value is 0.0200. The summed E-state index contributed by atoms with van der Waals surface area (Å²) in [6.45, 7) is 0. The number of hydrogen-bond acceptors (Lipinski definition) is 2. The van der Waals surface area contributed by atoms with Gasteiger partial charge in [0, 0.05) is 10.9 Å². The lowest BCUT2D eigenvalue weighted by Crippen LogP contribution is -2.01. The molecule has 90 valence electrons. The molecule has 0 saturated heterocycles. The maximum absolute atomic E-state index is 12.9. The summed E-state index contributed by atoms with van der Waals surface area (Å²) in [7, 11) is 0. The summed E-state index contributed by atoms with van der Waals surface area (Å²) < 4.78 is 14.8. The zero-order chi connectivity index (χ0) is 12.4. The van der Waals surface area contributed by atoms with E-state index in [0.717, 1.165) is 14.0 Å². The molecule has 1 nitrogen and oxygen atoms in total. The van der Waals surface area contributed by atoms with Crippen LogP contribution in [-0.4, -0.2) is 5.11 Å². The van der Waals surface area contributed by atoms with Gasteiger partial charge in [0.15, 0.2) is 0 Å². The van der Waals surface area contributed by atoms with Crippen LogP contribution < -0.4 is 0 Å². The normalized spacial score (nSPS) is 12.7. The molecule has 2 aromatic rings. The monoisotopic (exact) mass is 426 g/mol. The van der Waals surface area contributed by atoms with Crippen molar-refractivity contribution < 1.29 is 9.50 Å². The van der Waals surface area contributed by atoms with Crippen molar-refractivity contribution in [2.45, 2.75) is 12.5 Å². The van der Waals surface area contributed by atoms with Crippen LogP contribution in [0.15, 0.2) is 34.1 Å². The summed E-state index contributed by atoms with van der Waals surface area (Å²) in [5.74, 6) is -0.278. The Kier molecular flexibility index (Phi) is 4.57. The van der Waals surface area contributed by atoms with Gasteiger partial charge in [-0.3, -0.25) is 0 Å². The SMILES string of the molecule is OC(Cc1ccc(F)cc1Br)c1csc(I)c1. The van der Waals surface area contributed by atoms with Gasteiger partial charge >= 0.3 is 0 Å². The van der Waals surface area contributed by atoms with E-state index in [4.69, 9.17) is 0 Å². The van der Waals surface area contributed by atoms with E-state index in [9.17, 15) is 9.50 Å². The third-order valence-electron chi connectivity index (χ3n) is 2.40. The molecule has 0 radical (unpaired) electrons. The molecule has 1 heterocycles. The van der Waals surface area contributed by atoms with Crippen molar-refractivity contribution in [2.75, 3.05) is 0 Å². The van der Waals surface area contributed by atoms with Crippen molar-refractivity contribution in [1.82, 2.24) is 0 Å². The second kappa shape index (κ2) is 5.77. The van der Waals surface area contributed by atoms with Crippen LogP contribution in [0.25, 0.3) is 0 Å². The van der Waals surface area contributed by atoms with Crippen LogP contribution in [0.3, 0.4) is 0 Å². The summed E-state index contributed by atoms with van der Waals surface area (Å²) in [6.07, 6.45) is -0.0650. The van der Waals surface area contributed by atoms with Crippen LogP contribution in [-0.2, 0) is 6.42 Å². The first-order valence-electron chi connectivity index (χ1n) is 4.92. The molecule has 1 aromatic heterocycles. The minimum Gasteiger partial charge on any atom is -0.388 e. The number of benzene rings is 1. The summed E-state index contributed by atoms with van der Waals surface area (Å²) in [5.41, 5.74) is 1.82. The minimum atomic E-state index is -0.545. The molecular weight excluding hydrogens is 418 g/mol. The average Bonchev–Trinajstić information content (AvgIpc) is 2.69. The highest BCUT2D eigenvalue weighted by Gasteiger charge is 2.12. The summed E-state index contributed by atoms with van der Waals surface area (Å²) in [6, 6.07) is 6.48. The molecule has 5 heteroatoms. The van der Waals surface area contributed by atoms with Crippen molar-refractivity contribution in [1.29, 1.82) is 0 Å². The Morgan fingerprint density at radius 3 is 2.76 bits per heavy atom. The molecule has 0 spiro atoms. The molecule has 0 aliphatic carbocycles. The summed E-state index contributed by atoms with van der Waals surface area (Å²) in [5, 5.41) is 12.0. The molecular formula is C12H9BrFIOS. The number of halogens is 3. The van der Waals surface area contributed by atoms with E-state index in [2.05, 4.69) is 38.5 Å². The molecule has 2 rings (SSSR count). The molecule has 17 heavy (non-hydrogen) atoms. The smallest absolute Gasteiger partial charge is 0.124 e. The predicted molar refractivity (Wildman–Crippen MR) is 79.8 cm³/mol. The minimum absolute atomic E-state index is 0.278. The topological polar surface area (TPSA) is 20.2 Å². The Labute approximate surface area is 125 Å². The summed E-state index contributed by atoms with van der Waals surface area (Å²) >= 11 is 7.13. The molecule has 1 aromatic carbocycles. The first-order valence-corrected chi connectivity index (χ1v) is 7.67. The fraction of sp³-hybridized carbons (Fsp3) is 0.167. The van der Waals surface area contributed by atoms with E-state index in [0.29, 0.717) is 10.9 Å². The fourth-order valence-electron chi connectivity index (χ4n) is 1.51. The molecule has 0 amide bonds. The Balaban J connectivity index is 2.15. The lowest BCUT2D eigenvalue weighted by Gasteiger charge is -2.10. The van der Waals surface area contributed by atoms with Gasteiger partial charge in [-0.25, -0.2) is 4.39 Å². The van der Waals surface area contributed by atoms with Crippen molar-refractivity contribution in [3.05, 3.63) is 53.9 Å². The van der Waals surface area contributed by atoms with Crippen LogP contribution in [0, 0.1) is 8.70 Å². The maximum Gasteiger partial charge on any atom is 0.124 e. The second-order valence-corrected chi connectivity index (χ2v) is 7.30. The van der Waals surface area contributed by atoms with Gasteiger partial charge in [-0.05, 0) is 57.3 Å². The van der Waals surface area contributed by atoms with Gasteiger partial charge in [0.25, 0.3) is 0 Å². The highest BCUT2D eigenvalue weighted by Crippen LogP contribution is 2.27. The molecule has 1 atom stereocenters. The van der Waals surface area contributed by atoms with Gasteiger partial charge in [-0.1, -0.05) is 22.0 Å². The van der Waals surface area contributed by atoms with Crippen LogP contribution in [0.5, 0.6) is 0 Å². The Bertz CT molecular complexity index is 529. The third-order valence-corrected chi connectivity index (χ3v) is 4.95. The van der Waals surface area contributed by atoms with E-state index in [-0.39, 0.29) is 5.82 Å². The highest BCUT2D eigenvalue weighted by molar-refractivity contribution is 14.1. The summed E-state index contributed by atoms with van der Waals surface area (Å²) in [4.78, 5) is 0. The Morgan fingerprint density at radius 2 is 2.18 bits per heavy atom. The van der Waals surface area contributed by atoms with E-state index >= 15 is 0 Å². The number of thiophene rings is 1. The van der Waals surface area contributed by atoms with Gasteiger partial charge in [-0.15, -0.1) is 11.3 Å². The molecule has 1 unspecified atom stereocenters. The van der Waals surface area contributed by atoms with Crippen molar-refractivity contribution >= 4 is 49.9 Å². The third kappa shape index (κ3) is 3.49. The molecule has 0 saturated carbocycles. The second-order valence-electron chi connectivity index (χ2n) is 3.64. The van der Waals surface area contributed by atoms with Crippen LogP contribution in [0.1, 0.15) is 17.2 Å². The van der Waals surface area contributed by atoms with E-state index in [1.165, 1.54) is 12.1 Å². The number of hydrogen-bond donors (Lipinski definition) is 1. The van der Waals surface area contributed by atoms with E-state index < -0.39 is 6.10 Å². The maximum atomic E-state index is 12.9. The van der Waals surface area contributed by atoms with Gasteiger partial charge < -0.3 is 5.11 Å². The Morgan fingerprint density at radius 1 is 1.41 bits per heavy atom. The molecule has 0 aliphatic heterocycles. The molecule has 1 N–H and O–H groups in total. The first kappa shape index (κ1) is 13.5. The number of rotatable bonds is 3. The van der Waals surface area contributed by atoms with Gasteiger partial charge in [-0.2, -0.15) is 0 Å². The lowest BCUT2D eigenvalue weighted by molar-refractivity contribution is 0.178. The zero-order valence-corrected chi connectivity index (χ0v) is 13.2. The fourth-order valence-corrected chi connectivity index (χ4v) is 3.44. The number of aliphatic hydroxyl groups is 1. The van der Waals surface area contributed by atoms with Crippen molar-refractivity contribution in [3.8, 4) is 0 Å². The van der Waals surface area contributed by atoms with E-state index in [1.54, 1.807) is 17.4 Å². The van der Waals surface area contributed by atoms with Gasteiger partial charge in [0.05, 0.1) is 8.99 Å². The van der Waals surface area contributed by atoms with E-state index in [1.807, 2.05) is 11.4 Å². The van der Waals surface area contributed by atoms with Crippen molar-refractivity contribution in [3.63, 3.8) is 0 Å². The molecule has 0 aliphatic rings. The number of aliphatic hydroxyl groups excluding tert-OH is 1. The molecule has 0 fully saturated rings. The quantitative estimate of drug-likeness (QED) is 0.715. The standard InChI is InChI=1S/C12H9BrFIOS/c13-10-5-9(14)2-1-7(10)3-11(16)8-4-12(15)17-6-8/h1-2,4-6,11,16H,3H2. The molecule has 0 bridgehead atoms. The average molecular weight is 427 g/mol. The van der Waals surface area contributed by atoms with Crippen LogP contribution in [0.2, 0.25) is 0 Å². The van der Waals surface area contributed by atoms with Crippen molar-refractivity contribution in [2.24, 2.45) is 0 Å². The largest absolute Gasteiger partial charge is 0.388 e. The highest BCUT2D eigenvalue weighted by atomic mass is 127.